The van der Waals surface area contributed by atoms with E-state index in [1.165, 1.54) is 6.42 Å². The molecule has 0 saturated carbocycles. The molecule has 1 aromatic heterocycles. The summed E-state index contributed by atoms with van der Waals surface area (Å²) < 4.78 is 10.9. The second-order valence-corrected chi connectivity index (χ2v) is 4.37. The highest BCUT2D eigenvalue weighted by molar-refractivity contribution is 4.98. The molecule has 4 nitrogen and oxygen atoms in total. The van der Waals surface area contributed by atoms with Gasteiger partial charge in [0.1, 0.15) is 6.26 Å². The van der Waals surface area contributed by atoms with Crippen molar-refractivity contribution in [2.45, 2.75) is 25.7 Å². The van der Waals surface area contributed by atoms with Crippen molar-refractivity contribution in [2.24, 2.45) is 5.92 Å². The van der Waals surface area contributed by atoms with E-state index in [1.807, 2.05) is 7.05 Å². The molecule has 0 amide bonds. The molecule has 2 rings (SSSR count). The molecule has 1 aliphatic heterocycles. The van der Waals surface area contributed by atoms with Crippen LogP contribution in [0.2, 0.25) is 0 Å². The Labute approximate surface area is 96.4 Å². The number of nitrogens with one attached hydrogen (secondary N) is 1. The predicted molar refractivity (Wildman–Crippen MR) is 61.4 cm³/mol. The van der Waals surface area contributed by atoms with E-state index in [4.69, 9.17) is 9.15 Å². The highest BCUT2D eigenvalue weighted by atomic mass is 16.5. The predicted octanol–water partition coefficient (Wildman–Crippen LogP) is 1.41. The van der Waals surface area contributed by atoms with Gasteiger partial charge in [-0.25, -0.2) is 4.98 Å². The third kappa shape index (κ3) is 3.32. The zero-order valence-electron chi connectivity index (χ0n) is 9.87. The van der Waals surface area contributed by atoms with Crippen molar-refractivity contribution in [3.8, 4) is 0 Å². The quantitative estimate of drug-likeness (QED) is 0.821. The lowest BCUT2D eigenvalue weighted by Gasteiger charge is -2.20. The number of nitrogens with zero attached hydrogens (tertiary/aromatic N) is 1. The fraction of sp³-hybridized carbons (Fsp3) is 0.750. The highest BCUT2D eigenvalue weighted by Crippen LogP contribution is 2.18. The number of hydrogen-bond donors (Lipinski definition) is 1. The van der Waals surface area contributed by atoms with Gasteiger partial charge in [-0.2, -0.15) is 0 Å². The Morgan fingerprint density at radius 1 is 1.56 bits per heavy atom. The molecule has 0 spiro atoms. The summed E-state index contributed by atoms with van der Waals surface area (Å²) in [5, 5.41) is 3.11. The van der Waals surface area contributed by atoms with Crippen LogP contribution in [-0.2, 0) is 17.6 Å². The van der Waals surface area contributed by atoms with Crippen LogP contribution in [0, 0.1) is 5.92 Å². The van der Waals surface area contributed by atoms with Gasteiger partial charge in [-0.1, -0.05) is 0 Å². The Morgan fingerprint density at radius 2 is 2.50 bits per heavy atom. The molecular weight excluding hydrogens is 204 g/mol. The lowest BCUT2D eigenvalue weighted by molar-refractivity contribution is 0.0526. The first-order valence-electron chi connectivity index (χ1n) is 6.04. The van der Waals surface area contributed by atoms with Gasteiger partial charge in [-0.05, 0) is 25.8 Å². The first-order chi connectivity index (χ1) is 7.88. The van der Waals surface area contributed by atoms with E-state index in [-0.39, 0.29) is 0 Å². The zero-order valence-corrected chi connectivity index (χ0v) is 9.87. The Balaban J connectivity index is 1.81. The van der Waals surface area contributed by atoms with Gasteiger partial charge < -0.3 is 14.5 Å². The maximum atomic E-state index is 5.47. The fourth-order valence-corrected chi connectivity index (χ4v) is 2.03. The first kappa shape index (κ1) is 11.6. The maximum Gasteiger partial charge on any atom is 0.194 e. The molecule has 1 aromatic rings. The average molecular weight is 224 g/mol. The largest absolute Gasteiger partial charge is 0.449 e. The van der Waals surface area contributed by atoms with E-state index < -0.39 is 0 Å². The van der Waals surface area contributed by atoms with Gasteiger partial charge in [-0.3, -0.25) is 0 Å². The molecule has 16 heavy (non-hydrogen) atoms. The van der Waals surface area contributed by atoms with Gasteiger partial charge >= 0.3 is 0 Å². The summed E-state index contributed by atoms with van der Waals surface area (Å²) in [5.41, 5.74) is 1.04. The summed E-state index contributed by atoms with van der Waals surface area (Å²) in [6, 6.07) is 0. The average Bonchev–Trinajstić information content (AvgIpc) is 2.75. The molecule has 1 N–H and O–H groups in total. The Hall–Kier alpha value is -0.870. The number of likely N-dealkylation sites (N-methyl/N-ethyl adjacent to an activating group) is 1. The van der Waals surface area contributed by atoms with E-state index in [1.54, 1.807) is 6.26 Å². The topological polar surface area (TPSA) is 47.3 Å². The normalized spacial score (nSPS) is 21.2. The van der Waals surface area contributed by atoms with E-state index >= 15 is 0 Å². The first-order valence-corrected chi connectivity index (χ1v) is 6.04. The van der Waals surface area contributed by atoms with E-state index in [2.05, 4.69) is 10.3 Å². The standard InChI is InChI=1S/C12H20N2O2/c1-13-5-4-11-9-16-12(14-11)7-10-3-2-6-15-8-10/h9-10,13H,2-8H2,1H3. The van der Waals surface area contributed by atoms with E-state index in [9.17, 15) is 0 Å². The highest BCUT2D eigenvalue weighted by Gasteiger charge is 2.17. The van der Waals surface area contributed by atoms with Crippen molar-refractivity contribution in [3.05, 3.63) is 17.8 Å². The SMILES string of the molecule is CNCCc1coc(CC2CCCOC2)n1. The van der Waals surface area contributed by atoms with Gasteiger partial charge in [-0.15, -0.1) is 0 Å². The van der Waals surface area contributed by atoms with Crippen LogP contribution in [0.5, 0.6) is 0 Å². The maximum absolute atomic E-state index is 5.47. The fourth-order valence-electron chi connectivity index (χ4n) is 2.03. The number of aromatic nitrogens is 1. The molecule has 1 atom stereocenters. The smallest absolute Gasteiger partial charge is 0.194 e. The van der Waals surface area contributed by atoms with Gasteiger partial charge in [0.25, 0.3) is 0 Å². The van der Waals surface area contributed by atoms with Crippen LogP contribution in [0.1, 0.15) is 24.4 Å². The van der Waals surface area contributed by atoms with Crippen molar-refractivity contribution < 1.29 is 9.15 Å². The molecule has 4 heteroatoms. The number of hydrogen-bond acceptors (Lipinski definition) is 4. The molecule has 0 aromatic carbocycles. The summed E-state index contributed by atoms with van der Waals surface area (Å²) >= 11 is 0. The molecule has 1 fully saturated rings. The van der Waals surface area contributed by atoms with Crippen LogP contribution >= 0.6 is 0 Å². The van der Waals surface area contributed by atoms with Crippen LogP contribution < -0.4 is 5.32 Å². The lowest BCUT2D eigenvalue weighted by atomic mass is 9.99. The van der Waals surface area contributed by atoms with Crippen LogP contribution in [-0.4, -0.2) is 31.8 Å². The third-order valence-electron chi connectivity index (χ3n) is 2.95. The van der Waals surface area contributed by atoms with Crippen LogP contribution in [0.3, 0.4) is 0 Å². The third-order valence-corrected chi connectivity index (χ3v) is 2.95. The van der Waals surface area contributed by atoms with Gasteiger partial charge in [0.15, 0.2) is 5.89 Å². The van der Waals surface area contributed by atoms with Crippen molar-refractivity contribution >= 4 is 0 Å². The minimum Gasteiger partial charge on any atom is -0.449 e. The van der Waals surface area contributed by atoms with Gasteiger partial charge in [0.05, 0.1) is 5.69 Å². The Bertz CT molecular complexity index is 306. The van der Waals surface area contributed by atoms with Crippen molar-refractivity contribution in [1.82, 2.24) is 10.3 Å². The Kier molecular flexibility index (Phi) is 4.36. The molecule has 1 saturated heterocycles. The van der Waals surface area contributed by atoms with Gasteiger partial charge in [0.2, 0.25) is 0 Å². The van der Waals surface area contributed by atoms with Crippen molar-refractivity contribution in [1.29, 1.82) is 0 Å². The number of rotatable bonds is 5. The van der Waals surface area contributed by atoms with Crippen molar-refractivity contribution in [3.63, 3.8) is 0 Å². The second-order valence-electron chi connectivity index (χ2n) is 4.37. The molecule has 0 bridgehead atoms. The molecular formula is C12H20N2O2. The molecule has 2 heterocycles. The molecule has 90 valence electrons. The lowest BCUT2D eigenvalue weighted by Crippen LogP contribution is -2.19. The summed E-state index contributed by atoms with van der Waals surface area (Å²) in [6.07, 6.45) is 6.02. The van der Waals surface area contributed by atoms with Crippen LogP contribution in [0.15, 0.2) is 10.7 Å². The summed E-state index contributed by atoms with van der Waals surface area (Å²) in [4.78, 5) is 4.48. The van der Waals surface area contributed by atoms with Crippen molar-refractivity contribution in [2.75, 3.05) is 26.8 Å². The number of oxazole rings is 1. The molecule has 0 radical (unpaired) electrons. The minimum atomic E-state index is 0.588. The summed E-state index contributed by atoms with van der Waals surface area (Å²) in [5.74, 6) is 1.45. The summed E-state index contributed by atoms with van der Waals surface area (Å²) in [6.45, 7) is 2.71. The summed E-state index contributed by atoms with van der Waals surface area (Å²) in [7, 11) is 1.94. The van der Waals surface area contributed by atoms with Gasteiger partial charge in [0, 0.05) is 32.6 Å². The monoisotopic (exact) mass is 224 g/mol. The molecule has 1 unspecified atom stereocenters. The zero-order chi connectivity index (χ0) is 11.2. The Morgan fingerprint density at radius 3 is 3.25 bits per heavy atom. The van der Waals surface area contributed by atoms with E-state index in [0.29, 0.717) is 5.92 Å². The molecule has 1 aliphatic rings. The van der Waals surface area contributed by atoms with Crippen LogP contribution in [0.4, 0.5) is 0 Å². The van der Waals surface area contributed by atoms with E-state index in [0.717, 1.165) is 50.6 Å². The number of ether oxygens (including phenoxy) is 1. The second kappa shape index (κ2) is 6.01. The molecule has 0 aliphatic carbocycles. The minimum absolute atomic E-state index is 0.588. The van der Waals surface area contributed by atoms with Crippen LogP contribution in [0.25, 0.3) is 0 Å².